The lowest BCUT2D eigenvalue weighted by Gasteiger charge is -2.11. The Kier molecular flexibility index (Phi) is 4.81. The molecule has 0 amide bonds. The largest absolute Gasteiger partial charge is 0.420 e. The molecule has 0 aliphatic heterocycles. The van der Waals surface area contributed by atoms with Gasteiger partial charge in [0.1, 0.15) is 17.9 Å². The number of nitrogens with zero attached hydrogens (tertiary/aromatic N) is 1. The third-order valence-corrected chi connectivity index (χ3v) is 2.95. The van der Waals surface area contributed by atoms with E-state index in [1.54, 1.807) is 0 Å². The standard InChI is InChI=1S/C15H9F6NO2/c16-14(17,18)10-3-1-9(2-4-10)8-24-22-11-5-6-13(23)12(7-11)15(19,20)21/h1-7H,8H2. The van der Waals surface area contributed by atoms with Crippen LogP contribution in [-0.4, -0.2) is 17.7 Å². The highest BCUT2D eigenvalue weighted by Crippen LogP contribution is 2.29. The van der Waals surface area contributed by atoms with E-state index >= 15 is 0 Å². The van der Waals surface area contributed by atoms with Crippen molar-refractivity contribution in [3.63, 3.8) is 0 Å². The summed E-state index contributed by atoms with van der Waals surface area (Å²) < 4.78 is 74.9. The monoisotopic (exact) mass is 349 g/mol. The Labute approximate surface area is 131 Å². The lowest BCUT2D eigenvalue weighted by Crippen LogP contribution is -2.22. The lowest BCUT2D eigenvalue weighted by molar-refractivity contribution is -0.137. The van der Waals surface area contributed by atoms with Crippen LogP contribution in [0.5, 0.6) is 0 Å². The number of hydrogen-bond acceptors (Lipinski definition) is 3. The molecule has 0 heterocycles. The van der Waals surface area contributed by atoms with Crippen molar-refractivity contribution < 1.29 is 36.0 Å². The predicted molar refractivity (Wildman–Crippen MR) is 72.0 cm³/mol. The Balaban J connectivity index is 2.03. The molecule has 1 aliphatic carbocycles. The van der Waals surface area contributed by atoms with E-state index in [1.807, 2.05) is 0 Å². The molecule has 1 aliphatic rings. The van der Waals surface area contributed by atoms with E-state index in [-0.39, 0.29) is 12.3 Å². The summed E-state index contributed by atoms with van der Waals surface area (Å²) in [5.74, 6) is -1.19. The van der Waals surface area contributed by atoms with E-state index in [1.165, 1.54) is 12.1 Å². The Bertz CT molecular complexity index is 711. The van der Waals surface area contributed by atoms with Gasteiger partial charge in [-0.25, -0.2) is 0 Å². The zero-order chi connectivity index (χ0) is 18.0. The van der Waals surface area contributed by atoms with E-state index in [4.69, 9.17) is 4.84 Å². The molecule has 24 heavy (non-hydrogen) atoms. The minimum Gasteiger partial charge on any atom is -0.390 e. The fourth-order valence-electron chi connectivity index (χ4n) is 1.77. The summed E-state index contributed by atoms with van der Waals surface area (Å²) in [4.78, 5) is 15.9. The molecule has 1 aromatic carbocycles. The number of allylic oxidation sites excluding steroid dienone is 4. The van der Waals surface area contributed by atoms with Crippen molar-refractivity contribution in [3.05, 3.63) is 59.2 Å². The molecule has 9 heteroatoms. The summed E-state index contributed by atoms with van der Waals surface area (Å²) in [6.45, 7) is -0.237. The molecule has 0 aromatic heterocycles. The van der Waals surface area contributed by atoms with Crippen LogP contribution < -0.4 is 0 Å². The minimum atomic E-state index is -4.81. The Morgan fingerprint density at radius 1 is 0.917 bits per heavy atom. The first-order chi connectivity index (χ1) is 11.1. The van der Waals surface area contributed by atoms with Gasteiger partial charge in [0.15, 0.2) is 5.78 Å². The fourth-order valence-corrected chi connectivity index (χ4v) is 1.77. The Morgan fingerprint density at radius 3 is 2.08 bits per heavy atom. The van der Waals surface area contributed by atoms with Crippen LogP contribution in [0.1, 0.15) is 11.1 Å². The van der Waals surface area contributed by atoms with Gasteiger partial charge in [0.2, 0.25) is 0 Å². The lowest BCUT2D eigenvalue weighted by atomic mass is 10.0. The van der Waals surface area contributed by atoms with Crippen molar-refractivity contribution in [2.45, 2.75) is 19.0 Å². The second-order valence-corrected chi connectivity index (χ2v) is 4.74. The number of carbonyl (C=O) groups is 1. The average molecular weight is 349 g/mol. The van der Waals surface area contributed by atoms with E-state index in [0.29, 0.717) is 17.7 Å². The maximum Gasteiger partial charge on any atom is 0.420 e. The highest BCUT2D eigenvalue weighted by molar-refractivity contribution is 6.19. The second kappa shape index (κ2) is 6.50. The molecule has 128 valence electrons. The van der Waals surface area contributed by atoms with Crippen molar-refractivity contribution in [1.82, 2.24) is 0 Å². The highest BCUT2D eigenvalue weighted by atomic mass is 19.4. The van der Waals surface area contributed by atoms with E-state index in [0.717, 1.165) is 18.2 Å². The van der Waals surface area contributed by atoms with E-state index < -0.39 is 29.3 Å². The van der Waals surface area contributed by atoms with Crippen LogP contribution in [-0.2, 0) is 22.4 Å². The topological polar surface area (TPSA) is 38.7 Å². The normalized spacial score (nSPS) is 17.2. The third kappa shape index (κ3) is 4.46. The molecule has 0 saturated carbocycles. The second-order valence-electron chi connectivity index (χ2n) is 4.74. The summed E-state index contributed by atoms with van der Waals surface area (Å²) in [6.07, 6.45) is -6.98. The molecule has 0 N–H and O–H groups in total. The quantitative estimate of drug-likeness (QED) is 0.466. The number of carbonyl (C=O) groups excluding carboxylic acids is 1. The van der Waals surface area contributed by atoms with Crippen LogP contribution in [0.15, 0.2) is 53.2 Å². The van der Waals surface area contributed by atoms with Crippen molar-refractivity contribution in [2.75, 3.05) is 0 Å². The van der Waals surface area contributed by atoms with Crippen molar-refractivity contribution in [1.29, 1.82) is 0 Å². The highest BCUT2D eigenvalue weighted by Gasteiger charge is 2.38. The summed E-state index contributed by atoms with van der Waals surface area (Å²) >= 11 is 0. The van der Waals surface area contributed by atoms with Gasteiger partial charge in [0, 0.05) is 0 Å². The first kappa shape index (κ1) is 17.8. The molecule has 0 unspecified atom stereocenters. The van der Waals surface area contributed by atoms with Crippen LogP contribution in [0, 0.1) is 0 Å². The fraction of sp³-hybridized carbons (Fsp3) is 0.200. The molecule has 0 saturated heterocycles. The zero-order valence-corrected chi connectivity index (χ0v) is 11.8. The maximum atomic E-state index is 12.6. The minimum absolute atomic E-state index is 0.228. The van der Waals surface area contributed by atoms with Gasteiger partial charge >= 0.3 is 12.4 Å². The molecule has 0 fully saturated rings. The van der Waals surface area contributed by atoms with Gasteiger partial charge in [0.05, 0.1) is 5.56 Å². The van der Waals surface area contributed by atoms with E-state index in [9.17, 15) is 31.1 Å². The van der Waals surface area contributed by atoms with Gasteiger partial charge in [-0.3, -0.25) is 4.79 Å². The number of halogens is 6. The van der Waals surface area contributed by atoms with E-state index in [2.05, 4.69) is 5.16 Å². The molecule has 0 spiro atoms. The summed E-state index contributed by atoms with van der Waals surface area (Å²) in [5.41, 5.74) is -2.08. The summed E-state index contributed by atoms with van der Waals surface area (Å²) in [5, 5.41) is 3.43. The third-order valence-electron chi connectivity index (χ3n) is 2.95. The van der Waals surface area contributed by atoms with Crippen LogP contribution in [0.3, 0.4) is 0 Å². The van der Waals surface area contributed by atoms with Gasteiger partial charge in [-0.1, -0.05) is 17.3 Å². The number of oxime groups is 1. The number of alkyl halides is 6. The average Bonchev–Trinajstić information content (AvgIpc) is 2.47. The molecule has 2 rings (SSSR count). The molecule has 0 atom stereocenters. The predicted octanol–water partition coefficient (Wildman–Crippen LogP) is 4.21. The summed E-state index contributed by atoms with van der Waals surface area (Å²) in [7, 11) is 0. The van der Waals surface area contributed by atoms with Crippen molar-refractivity contribution in [2.24, 2.45) is 5.16 Å². The van der Waals surface area contributed by atoms with Crippen LogP contribution in [0.2, 0.25) is 0 Å². The van der Waals surface area contributed by atoms with Gasteiger partial charge in [-0.2, -0.15) is 26.3 Å². The number of hydrogen-bond donors (Lipinski definition) is 0. The molecule has 1 aromatic rings. The molecule has 3 nitrogen and oxygen atoms in total. The SMILES string of the molecule is O=C1C=CC(=NOCc2ccc(C(F)(F)F)cc2)C=C1C(F)(F)F. The van der Waals surface area contributed by atoms with Crippen LogP contribution in [0.25, 0.3) is 0 Å². The smallest absolute Gasteiger partial charge is 0.390 e. The number of rotatable bonds is 3. The first-order valence-electron chi connectivity index (χ1n) is 6.45. The Morgan fingerprint density at radius 2 is 1.54 bits per heavy atom. The summed E-state index contributed by atoms with van der Waals surface area (Å²) in [6, 6.07) is 4.04. The van der Waals surface area contributed by atoms with Crippen LogP contribution >= 0.6 is 0 Å². The molecular formula is C15H9F6NO2. The van der Waals surface area contributed by atoms with Crippen molar-refractivity contribution in [3.8, 4) is 0 Å². The Hall–Kier alpha value is -2.58. The number of ketones is 1. The maximum absolute atomic E-state index is 12.6. The van der Waals surface area contributed by atoms with Crippen molar-refractivity contribution >= 4 is 11.5 Å². The molecular weight excluding hydrogens is 340 g/mol. The van der Waals surface area contributed by atoms with Gasteiger partial charge in [-0.15, -0.1) is 0 Å². The zero-order valence-electron chi connectivity index (χ0n) is 11.8. The van der Waals surface area contributed by atoms with Crippen LogP contribution in [0.4, 0.5) is 26.3 Å². The van der Waals surface area contributed by atoms with Gasteiger partial charge in [0.25, 0.3) is 0 Å². The first-order valence-corrected chi connectivity index (χ1v) is 6.45. The molecule has 0 radical (unpaired) electrons. The number of benzene rings is 1. The van der Waals surface area contributed by atoms with Gasteiger partial charge in [-0.05, 0) is 35.9 Å². The van der Waals surface area contributed by atoms with Gasteiger partial charge < -0.3 is 4.84 Å². The molecule has 0 bridgehead atoms.